The molecule has 0 radical (unpaired) electrons. The van der Waals surface area contributed by atoms with Crippen molar-refractivity contribution in [3.8, 4) is 5.75 Å². The molecule has 2 aliphatic rings. The van der Waals surface area contributed by atoms with Crippen LogP contribution in [0.2, 0.25) is 0 Å². The molecule has 22 heavy (non-hydrogen) atoms. The predicted molar refractivity (Wildman–Crippen MR) is 81.5 cm³/mol. The van der Waals surface area contributed by atoms with Gasteiger partial charge in [0.05, 0.1) is 12.2 Å². The largest absolute Gasteiger partial charge is 0.490 e. The molecule has 0 bridgehead atoms. The normalized spacial score (nSPS) is 17.7. The van der Waals surface area contributed by atoms with Crippen LogP contribution in [-0.2, 0) is 0 Å². The van der Waals surface area contributed by atoms with E-state index in [4.69, 9.17) is 9.84 Å². The summed E-state index contributed by atoms with van der Waals surface area (Å²) in [5.41, 5.74) is 1.00. The maximum Gasteiger partial charge on any atom is 0.324 e. The summed E-state index contributed by atoms with van der Waals surface area (Å²) >= 11 is 0. The minimum atomic E-state index is -0.542. The Morgan fingerprint density at radius 2 is 1.91 bits per heavy atom. The highest BCUT2D eigenvalue weighted by Crippen LogP contribution is 2.33. The Bertz CT molecular complexity index is 582. The molecule has 1 N–H and O–H groups in total. The van der Waals surface area contributed by atoms with Crippen molar-refractivity contribution in [2.45, 2.75) is 19.3 Å². The van der Waals surface area contributed by atoms with Crippen LogP contribution in [0.1, 0.15) is 29.6 Å². The van der Waals surface area contributed by atoms with Crippen LogP contribution in [0, 0.1) is 0 Å². The molecule has 1 fully saturated rings. The van der Waals surface area contributed by atoms with E-state index in [-0.39, 0.29) is 11.8 Å². The van der Waals surface area contributed by atoms with Crippen LogP contribution in [0.15, 0.2) is 18.2 Å². The molecular weight excluding hydrogens is 284 g/mol. The fourth-order valence-electron chi connectivity index (χ4n) is 2.94. The molecule has 3 rings (SSSR count). The summed E-state index contributed by atoms with van der Waals surface area (Å²) in [7, 11) is 0. The highest BCUT2D eigenvalue weighted by Gasteiger charge is 2.29. The van der Waals surface area contributed by atoms with E-state index in [1.165, 1.54) is 6.42 Å². The summed E-state index contributed by atoms with van der Waals surface area (Å²) in [4.78, 5) is 27.9. The number of rotatable bonds is 2. The third kappa shape index (κ3) is 2.78. The van der Waals surface area contributed by atoms with Gasteiger partial charge in [0.15, 0.2) is 5.78 Å². The molecule has 6 heteroatoms. The Balaban J connectivity index is 1.88. The number of urea groups is 1. The lowest BCUT2D eigenvalue weighted by atomic mass is 10.1. The van der Waals surface area contributed by atoms with E-state index in [9.17, 15) is 9.59 Å². The van der Waals surface area contributed by atoms with Gasteiger partial charge in [-0.15, -0.1) is 0 Å². The van der Waals surface area contributed by atoms with Crippen LogP contribution in [-0.4, -0.2) is 54.7 Å². The van der Waals surface area contributed by atoms with Crippen molar-refractivity contribution in [3.05, 3.63) is 23.8 Å². The van der Waals surface area contributed by atoms with Gasteiger partial charge in [-0.1, -0.05) is 0 Å². The molecule has 2 amide bonds. The van der Waals surface area contributed by atoms with Gasteiger partial charge >= 0.3 is 6.03 Å². The van der Waals surface area contributed by atoms with E-state index in [2.05, 4.69) is 0 Å². The number of aliphatic hydroxyl groups is 1. The van der Waals surface area contributed by atoms with Crippen molar-refractivity contribution in [3.63, 3.8) is 0 Å². The van der Waals surface area contributed by atoms with E-state index < -0.39 is 6.61 Å². The molecule has 0 atom stereocenters. The van der Waals surface area contributed by atoms with Crippen LogP contribution < -0.4 is 9.64 Å². The molecule has 0 saturated carbocycles. The Morgan fingerprint density at radius 1 is 1.14 bits per heavy atom. The fourth-order valence-corrected chi connectivity index (χ4v) is 2.94. The van der Waals surface area contributed by atoms with Crippen molar-refractivity contribution >= 4 is 17.5 Å². The molecule has 6 nitrogen and oxygen atoms in total. The van der Waals surface area contributed by atoms with Crippen molar-refractivity contribution in [1.82, 2.24) is 4.90 Å². The third-order valence-electron chi connectivity index (χ3n) is 4.15. The fraction of sp³-hybridized carbons (Fsp3) is 0.500. The number of nitrogens with zero attached hydrogens (tertiary/aromatic N) is 2. The first-order chi connectivity index (χ1) is 10.7. The summed E-state index contributed by atoms with van der Waals surface area (Å²) in [5.74, 6) is 0.241. The second-order valence-corrected chi connectivity index (χ2v) is 5.59. The number of carbonyl (C=O) groups is 2. The highest BCUT2D eigenvalue weighted by atomic mass is 16.5. The Morgan fingerprint density at radius 3 is 2.64 bits per heavy atom. The number of anilines is 1. The molecular formula is C16H20N2O4. The average Bonchev–Trinajstić information content (AvgIpc) is 2.60. The molecule has 1 aromatic rings. The number of likely N-dealkylation sites (tertiary alicyclic amines) is 1. The zero-order valence-electron chi connectivity index (χ0n) is 12.5. The number of hydrogen-bond donors (Lipinski definition) is 1. The number of aliphatic hydroxyl groups excluding tert-OH is 1. The number of Topliss-reactive ketones (excluding diaryl/α,β-unsaturated/α-hetero) is 1. The zero-order chi connectivity index (χ0) is 15.5. The minimum absolute atomic E-state index is 0.0298. The lowest BCUT2D eigenvalue weighted by molar-refractivity contribution is 0.0903. The van der Waals surface area contributed by atoms with Crippen molar-refractivity contribution < 1.29 is 19.4 Å². The molecule has 0 unspecified atom stereocenters. The van der Waals surface area contributed by atoms with Gasteiger partial charge in [0.1, 0.15) is 19.0 Å². The van der Waals surface area contributed by atoms with E-state index in [1.807, 2.05) is 4.90 Å². The standard InChI is InChI=1S/C16H20N2O4/c19-11-14(20)12-4-5-15-13(10-12)18(8-9-22-15)16(21)17-6-2-1-3-7-17/h4-5,10,19H,1-3,6-9,11H2. The number of fused-ring (bicyclic) bond motifs is 1. The number of carbonyl (C=O) groups excluding carboxylic acids is 2. The maximum atomic E-state index is 12.7. The first-order valence-electron chi connectivity index (χ1n) is 7.68. The van der Waals surface area contributed by atoms with E-state index in [1.54, 1.807) is 23.1 Å². The van der Waals surface area contributed by atoms with Gasteiger partial charge in [-0.2, -0.15) is 0 Å². The summed E-state index contributed by atoms with van der Waals surface area (Å²) in [6.07, 6.45) is 3.23. The molecule has 0 aromatic heterocycles. The summed E-state index contributed by atoms with van der Waals surface area (Å²) in [6, 6.07) is 4.91. The van der Waals surface area contributed by atoms with Crippen LogP contribution in [0.25, 0.3) is 0 Å². The van der Waals surface area contributed by atoms with Gasteiger partial charge in [-0.05, 0) is 37.5 Å². The second-order valence-electron chi connectivity index (χ2n) is 5.59. The second kappa shape index (κ2) is 6.36. The predicted octanol–water partition coefficient (Wildman–Crippen LogP) is 1.67. The topological polar surface area (TPSA) is 70.1 Å². The number of benzene rings is 1. The van der Waals surface area contributed by atoms with E-state index in [0.717, 1.165) is 25.9 Å². The van der Waals surface area contributed by atoms with E-state index in [0.29, 0.717) is 30.2 Å². The number of amides is 2. The number of hydrogen-bond acceptors (Lipinski definition) is 4. The van der Waals surface area contributed by atoms with Gasteiger partial charge in [0.25, 0.3) is 0 Å². The molecule has 1 aromatic carbocycles. The number of piperidine rings is 1. The Labute approximate surface area is 129 Å². The van der Waals surface area contributed by atoms with Gasteiger partial charge in [0, 0.05) is 18.7 Å². The molecule has 0 spiro atoms. The smallest absolute Gasteiger partial charge is 0.324 e. The van der Waals surface area contributed by atoms with Gasteiger partial charge in [-0.25, -0.2) is 4.79 Å². The summed E-state index contributed by atoms with van der Waals surface area (Å²) in [5, 5.41) is 9.00. The van der Waals surface area contributed by atoms with Crippen LogP contribution in [0.4, 0.5) is 10.5 Å². The number of ether oxygens (including phenoxy) is 1. The Hall–Kier alpha value is -2.08. The van der Waals surface area contributed by atoms with Gasteiger partial charge < -0.3 is 14.7 Å². The SMILES string of the molecule is O=C(CO)c1ccc2c(c1)N(C(=O)N1CCCCC1)CCO2. The summed E-state index contributed by atoms with van der Waals surface area (Å²) < 4.78 is 5.57. The third-order valence-corrected chi connectivity index (χ3v) is 4.15. The minimum Gasteiger partial charge on any atom is -0.490 e. The highest BCUT2D eigenvalue weighted by molar-refractivity contribution is 6.00. The molecule has 1 saturated heterocycles. The molecule has 118 valence electrons. The van der Waals surface area contributed by atoms with Crippen molar-refractivity contribution in [2.24, 2.45) is 0 Å². The average molecular weight is 304 g/mol. The molecule has 2 aliphatic heterocycles. The quantitative estimate of drug-likeness (QED) is 0.844. The molecule has 2 heterocycles. The lowest BCUT2D eigenvalue weighted by Gasteiger charge is -2.36. The lowest BCUT2D eigenvalue weighted by Crippen LogP contribution is -2.48. The van der Waals surface area contributed by atoms with Gasteiger partial charge in [0.2, 0.25) is 0 Å². The first kappa shape index (κ1) is 14.8. The van der Waals surface area contributed by atoms with Gasteiger partial charge in [-0.3, -0.25) is 9.69 Å². The monoisotopic (exact) mass is 304 g/mol. The molecule has 0 aliphatic carbocycles. The van der Waals surface area contributed by atoms with Crippen molar-refractivity contribution in [2.75, 3.05) is 37.7 Å². The van der Waals surface area contributed by atoms with E-state index >= 15 is 0 Å². The zero-order valence-corrected chi connectivity index (χ0v) is 12.5. The first-order valence-corrected chi connectivity index (χ1v) is 7.68. The summed E-state index contributed by atoms with van der Waals surface area (Å²) in [6.45, 7) is 1.93. The van der Waals surface area contributed by atoms with Crippen LogP contribution in [0.3, 0.4) is 0 Å². The number of ketones is 1. The van der Waals surface area contributed by atoms with Crippen LogP contribution in [0.5, 0.6) is 5.75 Å². The Kier molecular flexibility index (Phi) is 4.29. The van der Waals surface area contributed by atoms with Crippen LogP contribution >= 0.6 is 0 Å². The maximum absolute atomic E-state index is 12.7. The van der Waals surface area contributed by atoms with Crippen molar-refractivity contribution in [1.29, 1.82) is 0 Å².